The first-order valence-corrected chi connectivity index (χ1v) is 10.0. The molecule has 0 saturated carbocycles. The van der Waals surface area contributed by atoms with E-state index in [0.29, 0.717) is 36.3 Å². The Morgan fingerprint density at radius 1 is 1.10 bits per heavy atom. The lowest BCUT2D eigenvalue weighted by Crippen LogP contribution is -2.11. The number of fused-ring (bicyclic) bond motifs is 1. The van der Waals surface area contributed by atoms with Crippen LogP contribution < -0.4 is 16.0 Å². The van der Waals surface area contributed by atoms with Crippen molar-refractivity contribution in [3.05, 3.63) is 43.0 Å². The van der Waals surface area contributed by atoms with Gasteiger partial charge in [0.1, 0.15) is 12.1 Å². The van der Waals surface area contributed by atoms with Crippen LogP contribution in [0, 0.1) is 0 Å². The molecule has 10 nitrogen and oxygen atoms in total. The Morgan fingerprint density at radius 2 is 2.00 bits per heavy atom. The van der Waals surface area contributed by atoms with Gasteiger partial charge in [-0.05, 0) is 38.5 Å². The smallest absolute Gasteiger partial charge is 0.315 e. The quantitative estimate of drug-likeness (QED) is 0.298. The number of benzene rings is 1. The zero-order valence-corrected chi connectivity index (χ0v) is 17.3. The Hall–Kier alpha value is -3.79. The first-order valence-electron chi connectivity index (χ1n) is 10.0. The van der Waals surface area contributed by atoms with Crippen LogP contribution in [0.4, 0.5) is 23.2 Å². The van der Waals surface area contributed by atoms with Gasteiger partial charge in [0.15, 0.2) is 0 Å². The van der Waals surface area contributed by atoms with Crippen LogP contribution in [-0.2, 0) is 0 Å². The summed E-state index contributed by atoms with van der Waals surface area (Å²) in [6.07, 6.45) is 5.60. The highest BCUT2D eigenvalue weighted by atomic mass is 16.4. The summed E-state index contributed by atoms with van der Waals surface area (Å²) >= 11 is 0. The standard InChI is InChI=1S/C21H24N8O2/c1-13(2)26-18-9-19(27-15-4-5-17-14(8-15)10-22-12-25-17)24-11-16(18)20-28-29-21(31-20)23-6-3-7-30/h4-5,8-13,30H,3,6-7H2,1-2H3,(H,23,29)(H2,24,26,27). The number of pyridine rings is 1. The molecule has 0 fully saturated rings. The van der Waals surface area contributed by atoms with E-state index in [2.05, 4.69) is 54.9 Å². The van der Waals surface area contributed by atoms with Crippen molar-refractivity contribution in [2.45, 2.75) is 26.3 Å². The minimum Gasteiger partial charge on any atom is -0.403 e. The zero-order chi connectivity index (χ0) is 21.6. The first kappa shape index (κ1) is 20.5. The van der Waals surface area contributed by atoms with Crippen LogP contribution in [0.3, 0.4) is 0 Å². The molecule has 0 unspecified atom stereocenters. The summed E-state index contributed by atoms with van der Waals surface area (Å²) in [7, 11) is 0. The Morgan fingerprint density at radius 3 is 2.84 bits per heavy atom. The molecule has 0 radical (unpaired) electrons. The van der Waals surface area contributed by atoms with Gasteiger partial charge in [0, 0.05) is 48.7 Å². The van der Waals surface area contributed by atoms with Crippen molar-refractivity contribution >= 4 is 34.1 Å². The molecule has 0 amide bonds. The van der Waals surface area contributed by atoms with Crippen LogP contribution in [0.1, 0.15) is 20.3 Å². The van der Waals surface area contributed by atoms with Crippen LogP contribution in [0.2, 0.25) is 0 Å². The maximum absolute atomic E-state index is 8.90. The van der Waals surface area contributed by atoms with Crippen molar-refractivity contribution in [1.29, 1.82) is 0 Å². The Labute approximate surface area is 179 Å². The molecule has 0 spiro atoms. The Bertz CT molecular complexity index is 1160. The van der Waals surface area contributed by atoms with E-state index in [4.69, 9.17) is 9.52 Å². The van der Waals surface area contributed by atoms with Crippen molar-refractivity contribution in [2.24, 2.45) is 0 Å². The molecule has 3 heterocycles. The molecule has 0 atom stereocenters. The van der Waals surface area contributed by atoms with Crippen molar-refractivity contribution in [1.82, 2.24) is 25.1 Å². The highest BCUT2D eigenvalue weighted by Gasteiger charge is 2.15. The van der Waals surface area contributed by atoms with Gasteiger partial charge in [0.05, 0.1) is 16.8 Å². The fourth-order valence-corrected chi connectivity index (χ4v) is 3.01. The predicted molar refractivity (Wildman–Crippen MR) is 119 cm³/mol. The fraction of sp³-hybridized carbons (Fsp3) is 0.286. The number of aliphatic hydroxyl groups excluding tert-OH is 1. The number of nitrogens with one attached hydrogen (secondary N) is 3. The van der Waals surface area contributed by atoms with Gasteiger partial charge in [-0.2, -0.15) is 0 Å². The molecular weight excluding hydrogens is 396 g/mol. The summed E-state index contributed by atoms with van der Waals surface area (Å²) in [6, 6.07) is 8.26. The molecule has 4 aromatic rings. The number of rotatable bonds is 9. The van der Waals surface area contributed by atoms with Crippen LogP contribution in [0.15, 0.2) is 47.4 Å². The third-order valence-electron chi connectivity index (χ3n) is 4.39. The molecule has 0 bridgehead atoms. The molecule has 10 heteroatoms. The normalized spacial score (nSPS) is 11.1. The molecule has 0 aliphatic rings. The molecule has 4 rings (SSSR count). The molecule has 0 aliphatic heterocycles. The lowest BCUT2D eigenvalue weighted by atomic mass is 10.2. The minimum absolute atomic E-state index is 0.0963. The van der Waals surface area contributed by atoms with Crippen LogP contribution >= 0.6 is 0 Å². The van der Waals surface area contributed by atoms with Crippen molar-refractivity contribution in [3.63, 3.8) is 0 Å². The SMILES string of the molecule is CC(C)Nc1cc(Nc2ccc3ncncc3c2)ncc1-c1nnc(NCCCO)o1. The van der Waals surface area contributed by atoms with Crippen LogP contribution in [-0.4, -0.2) is 49.4 Å². The average molecular weight is 420 g/mol. The van der Waals surface area contributed by atoms with Crippen molar-refractivity contribution in [2.75, 3.05) is 29.1 Å². The van der Waals surface area contributed by atoms with E-state index in [1.807, 2.05) is 24.3 Å². The maximum atomic E-state index is 8.90. The molecule has 3 aromatic heterocycles. The summed E-state index contributed by atoms with van der Waals surface area (Å²) < 4.78 is 5.72. The summed E-state index contributed by atoms with van der Waals surface area (Å²) in [5.74, 6) is 1.03. The second-order valence-corrected chi connectivity index (χ2v) is 7.25. The predicted octanol–water partition coefficient (Wildman–Crippen LogP) is 3.43. The molecule has 160 valence electrons. The van der Waals surface area contributed by atoms with Gasteiger partial charge in [0.25, 0.3) is 5.89 Å². The van der Waals surface area contributed by atoms with E-state index in [1.54, 1.807) is 12.4 Å². The number of aromatic nitrogens is 5. The van der Waals surface area contributed by atoms with Gasteiger partial charge in [-0.1, -0.05) is 5.10 Å². The Balaban J connectivity index is 1.59. The largest absolute Gasteiger partial charge is 0.403 e. The summed E-state index contributed by atoms with van der Waals surface area (Å²) in [5, 5.41) is 27.7. The molecule has 4 N–H and O–H groups in total. The zero-order valence-electron chi connectivity index (χ0n) is 17.3. The molecule has 0 saturated heterocycles. The van der Waals surface area contributed by atoms with Gasteiger partial charge in [-0.25, -0.2) is 15.0 Å². The van der Waals surface area contributed by atoms with Crippen molar-refractivity contribution < 1.29 is 9.52 Å². The molecule has 0 aliphatic carbocycles. The number of hydrogen-bond donors (Lipinski definition) is 4. The van der Waals surface area contributed by atoms with Crippen molar-refractivity contribution in [3.8, 4) is 11.5 Å². The average Bonchev–Trinajstić information content (AvgIpc) is 3.22. The van der Waals surface area contributed by atoms with E-state index >= 15 is 0 Å². The van der Waals surface area contributed by atoms with Crippen LogP contribution in [0.25, 0.3) is 22.4 Å². The lowest BCUT2D eigenvalue weighted by Gasteiger charge is -2.15. The summed E-state index contributed by atoms with van der Waals surface area (Å²) in [4.78, 5) is 12.8. The van der Waals surface area contributed by atoms with Crippen LogP contribution in [0.5, 0.6) is 0 Å². The first-order chi connectivity index (χ1) is 15.1. The second-order valence-electron chi connectivity index (χ2n) is 7.25. The molecule has 31 heavy (non-hydrogen) atoms. The van der Waals surface area contributed by atoms with Gasteiger partial charge in [-0.3, -0.25) is 0 Å². The highest BCUT2D eigenvalue weighted by molar-refractivity contribution is 5.83. The van der Waals surface area contributed by atoms with Gasteiger partial charge in [0.2, 0.25) is 0 Å². The van der Waals surface area contributed by atoms with E-state index in [1.165, 1.54) is 6.33 Å². The second kappa shape index (κ2) is 9.35. The monoisotopic (exact) mass is 420 g/mol. The third-order valence-corrected chi connectivity index (χ3v) is 4.39. The number of anilines is 4. The van der Waals surface area contributed by atoms with E-state index < -0.39 is 0 Å². The van der Waals surface area contributed by atoms with E-state index in [-0.39, 0.29) is 12.6 Å². The highest BCUT2D eigenvalue weighted by Crippen LogP contribution is 2.31. The number of nitrogens with zero attached hydrogens (tertiary/aromatic N) is 5. The number of hydrogen-bond acceptors (Lipinski definition) is 10. The summed E-state index contributed by atoms with van der Waals surface area (Å²) in [5.41, 5.74) is 3.29. The minimum atomic E-state index is 0.0963. The van der Waals surface area contributed by atoms with E-state index in [9.17, 15) is 0 Å². The molecule has 1 aromatic carbocycles. The van der Waals surface area contributed by atoms with Gasteiger partial charge in [-0.15, -0.1) is 5.10 Å². The maximum Gasteiger partial charge on any atom is 0.315 e. The lowest BCUT2D eigenvalue weighted by molar-refractivity contribution is 0.292. The topological polar surface area (TPSA) is 134 Å². The third kappa shape index (κ3) is 5.04. The Kier molecular flexibility index (Phi) is 6.18. The summed E-state index contributed by atoms with van der Waals surface area (Å²) in [6.45, 7) is 4.75. The fourth-order valence-electron chi connectivity index (χ4n) is 3.01. The number of aliphatic hydroxyl groups is 1. The van der Waals surface area contributed by atoms with Gasteiger partial charge < -0.3 is 25.5 Å². The van der Waals surface area contributed by atoms with E-state index in [0.717, 1.165) is 22.3 Å². The molecular formula is C21H24N8O2. The van der Waals surface area contributed by atoms with Gasteiger partial charge >= 0.3 is 6.01 Å².